The molecule has 0 saturated carbocycles. The molecule has 1 amide bonds. The molecule has 1 unspecified atom stereocenters. The lowest BCUT2D eigenvalue weighted by atomic mass is 10.1. The highest BCUT2D eigenvalue weighted by Gasteiger charge is 2.33. The number of anilines is 1. The zero-order valence-corrected chi connectivity index (χ0v) is 18.2. The summed E-state index contributed by atoms with van der Waals surface area (Å²) in [5.74, 6) is -0.229. The summed E-state index contributed by atoms with van der Waals surface area (Å²) in [7, 11) is -5.25. The van der Waals surface area contributed by atoms with Crippen molar-refractivity contribution in [2.24, 2.45) is 0 Å². The summed E-state index contributed by atoms with van der Waals surface area (Å²) in [6.45, 7) is 3.56. The van der Waals surface area contributed by atoms with Crippen molar-refractivity contribution in [1.82, 2.24) is 4.90 Å². The van der Waals surface area contributed by atoms with Gasteiger partial charge < -0.3 is 4.90 Å². The standard InChI is InChI=1S/C20H24N2O5S2/c1-14-4-5-15(2)19(12-14)29(26,27)21-17-8-6-16(7-9-17)20(23)22(3)18-10-11-28(24,25)13-18/h4-9,12,18,21H,10-11,13H2,1-3H3. The van der Waals surface area contributed by atoms with Crippen LogP contribution in [-0.2, 0) is 19.9 Å². The average molecular weight is 437 g/mol. The molecule has 1 saturated heterocycles. The number of hydrogen-bond donors (Lipinski definition) is 1. The SMILES string of the molecule is Cc1ccc(C)c(S(=O)(=O)Nc2ccc(C(=O)N(C)C3CCS(=O)(=O)C3)cc2)c1. The van der Waals surface area contributed by atoms with Crippen molar-refractivity contribution in [3.8, 4) is 0 Å². The third-order valence-corrected chi connectivity index (χ3v) is 8.37. The van der Waals surface area contributed by atoms with Crippen LogP contribution in [0.1, 0.15) is 27.9 Å². The number of nitrogens with zero attached hydrogens (tertiary/aromatic N) is 1. The van der Waals surface area contributed by atoms with Crippen LogP contribution < -0.4 is 4.72 Å². The first-order valence-electron chi connectivity index (χ1n) is 9.16. The number of sulfonamides is 1. The van der Waals surface area contributed by atoms with Gasteiger partial charge in [0.2, 0.25) is 0 Å². The maximum Gasteiger partial charge on any atom is 0.262 e. The Kier molecular flexibility index (Phi) is 5.73. The fraction of sp³-hybridized carbons (Fsp3) is 0.350. The highest BCUT2D eigenvalue weighted by Crippen LogP contribution is 2.22. The molecule has 1 N–H and O–H groups in total. The van der Waals surface area contributed by atoms with E-state index in [9.17, 15) is 21.6 Å². The van der Waals surface area contributed by atoms with Gasteiger partial charge in [0.05, 0.1) is 16.4 Å². The number of rotatable bonds is 5. The lowest BCUT2D eigenvalue weighted by Gasteiger charge is -2.23. The normalized spacial score (nSPS) is 18.4. The van der Waals surface area contributed by atoms with Crippen LogP contribution in [0.2, 0.25) is 0 Å². The first kappa shape index (κ1) is 21.3. The molecule has 0 bridgehead atoms. The Balaban J connectivity index is 1.75. The number of sulfone groups is 1. The molecule has 3 rings (SSSR count). The molecule has 2 aromatic carbocycles. The minimum Gasteiger partial charge on any atom is -0.338 e. The van der Waals surface area contributed by atoms with Gasteiger partial charge in [0.1, 0.15) is 0 Å². The van der Waals surface area contributed by atoms with Crippen molar-refractivity contribution < 1.29 is 21.6 Å². The van der Waals surface area contributed by atoms with Crippen molar-refractivity contribution in [3.63, 3.8) is 0 Å². The Morgan fingerprint density at radius 3 is 2.34 bits per heavy atom. The highest BCUT2D eigenvalue weighted by atomic mass is 32.2. The van der Waals surface area contributed by atoms with Crippen molar-refractivity contribution >= 4 is 31.5 Å². The molecule has 0 spiro atoms. The van der Waals surface area contributed by atoms with Crippen LogP contribution in [0, 0.1) is 13.8 Å². The van der Waals surface area contributed by atoms with Crippen molar-refractivity contribution in [2.45, 2.75) is 31.2 Å². The molecule has 29 heavy (non-hydrogen) atoms. The summed E-state index contributed by atoms with van der Waals surface area (Å²) >= 11 is 0. The molecule has 1 heterocycles. The molecular formula is C20H24N2O5S2. The number of benzene rings is 2. The predicted octanol–water partition coefficient (Wildman–Crippen LogP) is 2.36. The lowest BCUT2D eigenvalue weighted by molar-refractivity contribution is 0.0747. The van der Waals surface area contributed by atoms with E-state index in [-0.39, 0.29) is 28.4 Å². The Bertz CT molecular complexity index is 1140. The molecule has 1 aliphatic rings. The molecule has 1 fully saturated rings. The van der Waals surface area contributed by atoms with Crippen molar-refractivity contribution in [1.29, 1.82) is 0 Å². The predicted molar refractivity (Wildman–Crippen MR) is 112 cm³/mol. The van der Waals surface area contributed by atoms with Gasteiger partial charge in [0.15, 0.2) is 9.84 Å². The zero-order valence-electron chi connectivity index (χ0n) is 16.5. The number of amides is 1. The van der Waals surface area contributed by atoms with Gasteiger partial charge in [-0.2, -0.15) is 0 Å². The summed E-state index contributed by atoms with van der Waals surface area (Å²) in [6, 6.07) is 11.0. The lowest BCUT2D eigenvalue weighted by Crippen LogP contribution is -2.37. The van der Waals surface area contributed by atoms with Crippen LogP contribution in [0.15, 0.2) is 47.4 Å². The number of aryl methyl sites for hydroxylation is 2. The van der Waals surface area contributed by atoms with E-state index in [4.69, 9.17) is 0 Å². The second kappa shape index (κ2) is 7.79. The van der Waals surface area contributed by atoms with E-state index in [1.54, 1.807) is 26.1 Å². The molecule has 1 aliphatic heterocycles. The van der Waals surface area contributed by atoms with E-state index >= 15 is 0 Å². The van der Waals surface area contributed by atoms with Crippen molar-refractivity contribution in [3.05, 3.63) is 59.2 Å². The van der Waals surface area contributed by atoms with Crippen LogP contribution in [0.3, 0.4) is 0 Å². The topological polar surface area (TPSA) is 101 Å². The van der Waals surface area contributed by atoms with E-state index in [0.717, 1.165) is 5.56 Å². The summed E-state index contributed by atoms with van der Waals surface area (Å²) in [5, 5.41) is 0. The molecule has 0 aliphatic carbocycles. The van der Waals surface area contributed by atoms with Crippen LogP contribution in [0.4, 0.5) is 5.69 Å². The molecule has 156 valence electrons. The minimum atomic E-state index is -3.75. The van der Waals surface area contributed by atoms with Gasteiger partial charge in [-0.05, 0) is 61.7 Å². The van der Waals surface area contributed by atoms with Gasteiger partial charge in [0.25, 0.3) is 15.9 Å². The number of nitrogens with one attached hydrogen (secondary N) is 1. The van der Waals surface area contributed by atoms with Gasteiger partial charge in [0, 0.05) is 24.3 Å². The van der Waals surface area contributed by atoms with Crippen LogP contribution >= 0.6 is 0 Å². The van der Waals surface area contributed by atoms with E-state index in [0.29, 0.717) is 23.2 Å². The molecule has 7 nitrogen and oxygen atoms in total. The molecule has 1 atom stereocenters. The smallest absolute Gasteiger partial charge is 0.262 e. The first-order chi connectivity index (χ1) is 13.5. The molecular weight excluding hydrogens is 412 g/mol. The third-order valence-electron chi connectivity index (χ3n) is 5.09. The summed E-state index contributed by atoms with van der Waals surface area (Å²) < 4.78 is 51.2. The van der Waals surface area contributed by atoms with E-state index in [1.807, 2.05) is 13.0 Å². The Morgan fingerprint density at radius 2 is 1.76 bits per heavy atom. The molecule has 9 heteroatoms. The molecule has 0 aromatic heterocycles. The monoisotopic (exact) mass is 436 g/mol. The maximum atomic E-state index is 12.7. The second-order valence-electron chi connectivity index (χ2n) is 7.42. The average Bonchev–Trinajstić information content (AvgIpc) is 3.02. The van der Waals surface area contributed by atoms with Gasteiger partial charge in [-0.15, -0.1) is 0 Å². The van der Waals surface area contributed by atoms with Gasteiger partial charge in [-0.3, -0.25) is 9.52 Å². The van der Waals surface area contributed by atoms with Crippen LogP contribution in [0.5, 0.6) is 0 Å². The maximum absolute atomic E-state index is 12.7. The van der Waals surface area contributed by atoms with Crippen LogP contribution in [0.25, 0.3) is 0 Å². The summed E-state index contributed by atoms with van der Waals surface area (Å²) in [4.78, 5) is 14.3. The fourth-order valence-electron chi connectivity index (χ4n) is 3.34. The highest BCUT2D eigenvalue weighted by molar-refractivity contribution is 7.92. The molecule has 2 aromatic rings. The van der Waals surface area contributed by atoms with Gasteiger partial charge >= 0.3 is 0 Å². The summed E-state index contributed by atoms with van der Waals surface area (Å²) in [6.07, 6.45) is 0.429. The minimum absolute atomic E-state index is 0.0248. The van der Waals surface area contributed by atoms with E-state index in [2.05, 4.69) is 4.72 Å². The number of carbonyl (C=O) groups excluding carboxylic acids is 1. The van der Waals surface area contributed by atoms with E-state index in [1.165, 1.54) is 29.2 Å². The number of hydrogen-bond acceptors (Lipinski definition) is 5. The number of carbonyl (C=O) groups is 1. The fourth-order valence-corrected chi connectivity index (χ4v) is 6.50. The third kappa shape index (κ3) is 4.79. The summed E-state index contributed by atoms with van der Waals surface area (Å²) in [5.41, 5.74) is 2.19. The van der Waals surface area contributed by atoms with Gasteiger partial charge in [-0.1, -0.05) is 12.1 Å². The zero-order chi connectivity index (χ0) is 21.4. The Hall–Kier alpha value is -2.39. The van der Waals surface area contributed by atoms with Crippen LogP contribution in [-0.4, -0.2) is 52.2 Å². The Labute approximate surface area is 171 Å². The second-order valence-corrected chi connectivity index (χ2v) is 11.3. The van der Waals surface area contributed by atoms with E-state index < -0.39 is 19.9 Å². The quantitative estimate of drug-likeness (QED) is 0.775. The first-order valence-corrected chi connectivity index (χ1v) is 12.5. The Morgan fingerprint density at radius 1 is 1.10 bits per heavy atom. The largest absolute Gasteiger partial charge is 0.338 e. The molecule has 0 radical (unpaired) electrons. The van der Waals surface area contributed by atoms with Crippen molar-refractivity contribution in [2.75, 3.05) is 23.3 Å². The van der Waals surface area contributed by atoms with Gasteiger partial charge in [-0.25, -0.2) is 16.8 Å².